The van der Waals surface area contributed by atoms with E-state index in [-0.39, 0.29) is 5.56 Å². The van der Waals surface area contributed by atoms with Gasteiger partial charge in [-0.1, -0.05) is 12.1 Å². The molecular weight excluding hydrogens is 320 g/mol. The van der Waals surface area contributed by atoms with E-state index >= 15 is 0 Å². The largest absolute Gasteiger partial charge is 0.480 e. The molecule has 0 saturated carbocycles. The van der Waals surface area contributed by atoms with E-state index in [0.717, 1.165) is 29.0 Å². The number of rotatable bonds is 6. The first-order valence-corrected chi connectivity index (χ1v) is 6.80. The van der Waals surface area contributed by atoms with E-state index in [1.165, 1.54) is 0 Å². The topological polar surface area (TPSA) is 95.5 Å². The number of carbonyl (C=O) groups is 1. The summed E-state index contributed by atoms with van der Waals surface area (Å²) in [5.41, 5.74) is -0.138. The lowest BCUT2D eigenvalue weighted by molar-refractivity contribution is -0.139. The van der Waals surface area contributed by atoms with Crippen LogP contribution in [0.5, 0.6) is 0 Å². The molecule has 118 valence electrons. The van der Waals surface area contributed by atoms with Gasteiger partial charge in [-0.3, -0.25) is 4.79 Å². The molecule has 6 nitrogen and oxygen atoms in total. The van der Waals surface area contributed by atoms with Crippen molar-refractivity contribution in [1.82, 2.24) is 9.44 Å². The molecular formula is C10H10F4N2O4S. The molecule has 1 aromatic rings. The minimum atomic E-state index is -4.79. The first-order valence-electron chi connectivity index (χ1n) is 5.32. The Hall–Kier alpha value is -1.72. The summed E-state index contributed by atoms with van der Waals surface area (Å²) in [5, 5.41) is 8.92. The van der Waals surface area contributed by atoms with Crippen LogP contribution in [0.2, 0.25) is 0 Å². The van der Waals surface area contributed by atoms with Crippen molar-refractivity contribution in [3.63, 3.8) is 0 Å². The fourth-order valence-corrected chi connectivity index (χ4v) is 2.27. The molecule has 1 aromatic carbocycles. The Morgan fingerprint density at radius 1 is 1.24 bits per heavy atom. The number of benzene rings is 1. The predicted octanol–water partition coefficient (Wildman–Crippen LogP) is 0.938. The highest BCUT2D eigenvalue weighted by Gasteiger charge is 2.31. The first kappa shape index (κ1) is 17.3. The Morgan fingerprint density at radius 3 is 2.19 bits per heavy atom. The zero-order chi connectivity index (χ0) is 16.3. The fourth-order valence-electron chi connectivity index (χ4n) is 1.29. The van der Waals surface area contributed by atoms with Gasteiger partial charge in [-0.15, -0.1) is 0 Å². The summed E-state index contributed by atoms with van der Waals surface area (Å²) in [6, 6.07) is 1.93. The Labute approximate surface area is 117 Å². The summed E-state index contributed by atoms with van der Waals surface area (Å²) in [6.45, 7) is -1.85. The molecule has 1 rings (SSSR count). The molecule has 1 unspecified atom stereocenters. The highest BCUT2D eigenvalue weighted by Crippen LogP contribution is 2.16. The summed E-state index contributed by atoms with van der Waals surface area (Å²) in [6.07, 6.45) is -4.79. The van der Waals surface area contributed by atoms with Gasteiger partial charge in [0.2, 0.25) is 0 Å². The molecule has 0 fully saturated rings. The zero-order valence-corrected chi connectivity index (χ0v) is 11.0. The smallest absolute Gasteiger partial charge is 0.402 e. The van der Waals surface area contributed by atoms with E-state index in [0.29, 0.717) is 0 Å². The lowest BCUT2D eigenvalue weighted by atomic mass is 10.1. The highest BCUT2D eigenvalue weighted by molar-refractivity contribution is 7.87. The molecule has 0 aliphatic rings. The number of hydrogen-bond acceptors (Lipinski definition) is 3. The van der Waals surface area contributed by atoms with Gasteiger partial charge in [0.25, 0.3) is 10.2 Å². The monoisotopic (exact) mass is 330 g/mol. The third kappa shape index (κ3) is 6.06. The van der Waals surface area contributed by atoms with Crippen LogP contribution in [0.15, 0.2) is 24.3 Å². The number of carboxylic acids is 1. The van der Waals surface area contributed by atoms with Gasteiger partial charge in [-0.05, 0) is 17.7 Å². The standard InChI is InChI=1S/C10H10F4N2O4S/c11-7-3-1-6(2-4-7)8(9(17)18)16-21(19,20)15-5-10(12,13)14/h1-4,8,15-16H,5H2,(H,17,18). The van der Waals surface area contributed by atoms with Crippen LogP contribution in [0.25, 0.3) is 0 Å². The van der Waals surface area contributed by atoms with Crippen LogP contribution in [-0.2, 0) is 15.0 Å². The number of alkyl halides is 3. The number of aliphatic carboxylic acids is 1. The molecule has 0 saturated heterocycles. The number of halogens is 4. The van der Waals surface area contributed by atoms with Crippen LogP contribution < -0.4 is 9.44 Å². The summed E-state index contributed by atoms with van der Waals surface area (Å²) >= 11 is 0. The van der Waals surface area contributed by atoms with Gasteiger partial charge in [-0.2, -0.15) is 31.0 Å². The van der Waals surface area contributed by atoms with Gasteiger partial charge in [0, 0.05) is 0 Å². The van der Waals surface area contributed by atoms with Gasteiger partial charge < -0.3 is 5.11 Å². The third-order valence-corrected chi connectivity index (χ3v) is 3.26. The Bertz CT molecular complexity index is 600. The van der Waals surface area contributed by atoms with Crippen LogP contribution >= 0.6 is 0 Å². The normalized spacial score (nSPS) is 13.9. The van der Waals surface area contributed by atoms with Gasteiger partial charge in [0.15, 0.2) is 0 Å². The maximum absolute atomic E-state index is 12.7. The maximum Gasteiger partial charge on any atom is 0.402 e. The van der Waals surface area contributed by atoms with Crippen molar-refractivity contribution in [3.8, 4) is 0 Å². The van der Waals surface area contributed by atoms with E-state index in [1.54, 1.807) is 4.72 Å². The van der Waals surface area contributed by atoms with Gasteiger partial charge in [-0.25, -0.2) is 4.39 Å². The second-order valence-corrected chi connectivity index (χ2v) is 5.41. The predicted molar refractivity (Wildman–Crippen MR) is 62.9 cm³/mol. The van der Waals surface area contributed by atoms with Crippen molar-refractivity contribution < 1.29 is 35.9 Å². The first-order chi connectivity index (χ1) is 9.50. The van der Waals surface area contributed by atoms with E-state index in [2.05, 4.69) is 0 Å². The molecule has 21 heavy (non-hydrogen) atoms. The molecule has 0 amide bonds. The molecule has 0 radical (unpaired) electrons. The number of hydrogen-bond donors (Lipinski definition) is 3. The minimum Gasteiger partial charge on any atom is -0.480 e. The van der Waals surface area contributed by atoms with Crippen molar-refractivity contribution in [2.24, 2.45) is 0 Å². The second-order valence-electron chi connectivity index (χ2n) is 3.88. The SMILES string of the molecule is O=C(O)C(NS(=O)(=O)NCC(F)(F)F)c1ccc(F)cc1. The van der Waals surface area contributed by atoms with Crippen LogP contribution in [0.1, 0.15) is 11.6 Å². The Morgan fingerprint density at radius 2 is 1.76 bits per heavy atom. The average Bonchev–Trinajstić information content (AvgIpc) is 2.34. The van der Waals surface area contributed by atoms with Gasteiger partial charge in [0.05, 0.1) is 0 Å². The van der Waals surface area contributed by atoms with Crippen LogP contribution in [0.3, 0.4) is 0 Å². The van der Waals surface area contributed by atoms with Crippen LogP contribution in [0.4, 0.5) is 17.6 Å². The van der Waals surface area contributed by atoms with E-state index in [4.69, 9.17) is 5.11 Å². The van der Waals surface area contributed by atoms with Crippen molar-refractivity contribution in [2.75, 3.05) is 6.54 Å². The quantitative estimate of drug-likeness (QED) is 0.677. The van der Waals surface area contributed by atoms with Crippen LogP contribution in [-0.4, -0.2) is 32.2 Å². The average molecular weight is 330 g/mol. The molecule has 0 heterocycles. The molecule has 1 atom stereocenters. The van der Waals surface area contributed by atoms with Gasteiger partial charge >= 0.3 is 12.1 Å². The maximum atomic E-state index is 12.7. The molecule has 11 heteroatoms. The van der Waals surface area contributed by atoms with E-state index < -0.39 is 40.8 Å². The molecule has 3 N–H and O–H groups in total. The fraction of sp³-hybridized carbons (Fsp3) is 0.300. The molecule has 0 aliphatic heterocycles. The summed E-state index contributed by atoms with van der Waals surface area (Å²) in [5.74, 6) is -2.33. The summed E-state index contributed by atoms with van der Waals surface area (Å²) < 4.78 is 74.0. The van der Waals surface area contributed by atoms with Crippen LogP contribution in [0, 0.1) is 5.82 Å². The minimum absolute atomic E-state index is 0.138. The van der Waals surface area contributed by atoms with Crippen molar-refractivity contribution in [1.29, 1.82) is 0 Å². The summed E-state index contributed by atoms with van der Waals surface area (Å²) in [4.78, 5) is 11.0. The van der Waals surface area contributed by atoms with Crippen molar-refractivity contribution >= 4 is 16.2 Å². The zero-order valence-electron chi connectivity index (χ0n) is 10.2. The molecule has 0 spiro atoms. The molecule has 0 aliphatic carbocycles. The van der Waals surface area contributed by atoms with E-state index in [1.807, 2.05) is 0 Å². The second kappa shape index (κ2) is 6.37. The van der Waals surface area contributed by atoms with Crippen molar-refractivity contribution in [2.45, 2.75) is 12.2 Å². The Kier molecular flexibility index (Phi) is 5.25. The number of carboxylic acid groups (broad SMARTS) is 1. The molecule has 0 bridgehead atoms. The lowest BCUT2D eigenvalue weighted by Gasteiger charge is -2.16. The summed E-state index contributed by atoms with van der Waals surface area (Å²) in [7, 11) is -4.71. The van der Waals surface area contributed by atoms with E-state index in [9.17, 15) is 30.8 Å². The Balaban J connectivity index is 2.88. The molecule has 0 aromatic heterocycles. The van der Waals surface area contributed by atoms with Crippen molar-refractivity contribution in [3.05, 3.63) is 35.6 Å². The number of nitrogens with one attached hydrogen (secondary N) is 2. The highest BCUT2D eigenvalue weighted by atomic mass is 32.2. The van der Waals surface area contributed by atoms with Gasteiger partial charge in [0.1, 0.15) is 18.4 Å². The third-order valence-electron chi connectivity index (χ3n) is 2.19. The lowest BCUT2D eigenvalue weighted by Crippen LogP contribution is -2.44.